The normalized spacial score (nSPS) is 16.1. The van der Waals surface area contributed by atoms with Crippen LogP contribution in [-0.2, 0) is 4.79 Å². The summed E-state index contributed by atoms with van der Waals surface area (Å²) in [4.78, 5) is 47.9. The Balaban J connectivity index is 1.10. The zero-order chi connectivity index (χ0) is 31.3. The van der Waals surface area contributed by atoms with Crippen molar-refractivity contribution in [1.29, 1.82) is 5.26 Å². The van der Waals surface area contributed by atoms with Crippen LogP contribution < -0.4 is 20.9 Å². The quantitative estimate of drug-likeness (QED) is 0.187. The van der Waals surface area contributed by atoms with Gasteiger partial charge >= 0.3 is 6.03 Å². The van der Waals surface area contributed by atoms with Gasteiger partial charge in [-0.2, -0.15) is 5.26 Å². The first-order chi connectivity index (χ1) is 21.9. The third kappa shape index (κ3) is 6.74. The van der Waals surface area contributed by atoms with E-state index in [-0.39, 0.29) is 11.7 Å². The molecule has 1 unspecified atom stereocenters. The van der Waals surface area contributed by atoms with Gasteiger partial charge in [0.15, 0.2) is 5.78 Å². The number of benzene rings is 4. The molecule has 3 N–H and O–H groups in total. The fourth-order valence-corrected chi connectivity index (χ4v) is 5.38. The van der Waals surface area contributed by atoms with Crippen molar-refractivity contribution >= 4 is 52.4 Å². The molecular formula is C35H31N7O3. The van der Waals surface area contributed by atoms with E-state index in [1.807, 2.05) is 18.2 Å². The Morgan fingerprint density at radius 3 is 2.33 bits per heavy atom. The summed E-state index contributed by atoms with van der Waals surface area (Å²) in [5.41, 5.74) is 5.50. The van der Waals surface area contributed by atoms with Crippen LogP contribution in [0.1, 0.15) is 33.0 Å². The molecule has 1 fully saturated rings. The first kappa shape index (κ1) is 29.3. The first-order valence-corrected chi connectivity index (χ1v) is 14.6. The highest BCUT2D eigenvalue weighted by Crippen LogP contribution is 2.33. The topological polar surface area (TPSA) is 130 Å². The molecule has 4 aromatic carbocycles. The fourth-order valence-electron chi connectivity index (χ4n) is 5.38. The van der Waals surface area contributed by atoms with E-state index in [2.05, 4.69) is 49.9 Å². The van der Waals surface area contributed by atoms with Crippen molar-refractivity contribution in [3.8, 4) is 6.07 Å². The lowest BCUT2D eigenvalue weighted by atomic mass is 9.97. The number of urea groups is 1. The van der Waals surface area contributed by atoms with Gasteiger partial charge < -0.3 is 25.8 Å². The molecule has 3 amide bonds. The zero-order valence-electron chi connectivity index (χ0n) is 24.7. The van der Waals surface area contributed by atoms with Gasteiger partial charge in [0.25, 0.3) is 0 Å². The van der Waals surface area contributed by atoms with Crippen molar-refractivity contribution in [3.63, 3.8) is 0 Å². The number of piperazine rings is 1. The molecule has 2 aliphatic rings. The maximum Gasteiger partial charge on any atom is 0.323 e. The molecule has 224 valence electrons. The summed E-state index contributed by atoms with van der Waals surface area (Å²) in [5.74, 6) is -1.02. The van der Waals surface area contributed by atoms with Crippen LogP contribution in [0, 0.1) is 11.3 Å². The van der Waals surface area contributed by atoms with Crippen molar-refractivity contribution in [1.82, 2.24) is 4.90 Å². The smallest absolute Gasteiger partial charge is 0.323 e. The molecule has 0 radical (unpaired) electrons. The van der Waals surface area contributed by atoms with Crippen molar-refractivity contribution < 1.29 is 14.4 Å². The summed E-state index contributed by atoms with van der Waals surface area (Å²) < 4.78 is 0. The molecule has 4 aromatic rings. The average Bonchev–Trinajstić information content (AvgIpc) is 3.38. The number of anilines is 4. The van der Waals surface area contributed by atoms with Gasteiger partial charge in [-0.1, -0.05) is 24.3 Å². The minimum Gasteiger partial charge on any atom is -0.369 e. The van der Waals surface area contributed by atoms with Crippen LogP contribution in [0.25, 0.3) is 0 Å². The van der Waals surface area contributed by atoms with Crippen LogP contribution in [0.4, 0.5) is 33.2 Å². The van der Waals surface area contributed by atoms with Crippen LogP contribution in [0.2, 0.25) is 0 Å². The lowest BCUT2D eigenvalue weighted by Gasteiger charge is -2.34. The summed E-state index contributed by atoms with van der Waals surface area (Å²) in [5, 5.41) is 17.2. The van der Waals surface area contributed by atoms with Crippen molar-refractivity contribution in [2.75, 3.05) is 54.1 Å². The third-order valence-corrected chi connectivity index (χ3v) is 7.94. The average molecular weight is 598 g/mol. The number of hydrogen-bond donors (Lipinski definition) is 3. The van der Waals surface area contributed by atoms with Gasteiger partial charge in [-0.05, 0) is 79.3 Å². The van der Waals surface area contributed by atoms with Gasteiger partial charge in [-0.15, -0.1) is 0 Å². The van der Waals surface area contributed by atoms with Crippen LogP contribution >= 0.6 is 0 Å². The minimum atomic E-state index is -0.566. The van der Waals surface area contributed by atoms with E-state index in [4.69, 9.17) is 5.26 Å². The standard InChI is InChI=1S/C35H31N7O3/c1-41-15-17-42(18-16-41)29-12-10-26(11-13-29)37-22-31-30-14-7-25(20-32(30)40-34(31)44)33(43)24-3-2-4-28(19-24)39-35(45)38-27-8-5-23(21-36)6-9-27/h2-14,19-20,22,31H,15-18H2,1H3,(H,40,44)(H2,38,39,45). The van der Waals surface area contributed by atoms with E-state index in [1.54, 1.807) is 72.9 Å². The predicted molar refractivity (Wildman–Crippen MR) is 176 cm³/mol. The molecular weight excluding hydrogens is 566 g/mol. The van der Waals surface area contributed by atoms with E-state index in [9.17, 15) is 14.4 Å². The van der Waals surface area contributed by atoms with Crippen LogP contribution in [0.3, 0.4) is 0 Å². The number of nitriles is 1. The van der Waals surface area contributed by atoms with Crippen molar-refractivity contribution in [2.24, 2.45) is 4.99 Å². The number of nitrogens with zero attached hydrogens (tertiary/aromatic N) is 4. The van der Waals surface area contributed by atoms with E-state index >= 15 is 0 Å². The van der Waals surface area contributed by atoms with E-state index < -0.39 is 11.9 Å². The maximum absolute atomic E-state index is 13.4. The highest BCUT2D eigenvalue weighted by Gasteiger charge is 2.30. The summed E-state index contributed by atoms with van der Waals surface area (Å²) in [6, 6.07) is 27.8. The molecule has 1 saturated heterocycles. The summed E-state index contributed by atoms with van der Waals surface area (Å²) in [6.45, 7) is 4.05. The molecule has 2 heterocycles. The second-order valence-corrected chi connectivity index (χ2v) is 11.0. The summed E-state index contributed by atoms with van der Waals surface area (Å²) in [6.07, 6.45) is 1.64. The largest absolute Gasteiger partial charge is 0.369 e. The molecule has 10 nitrogen and oxygen atoms in total. The number of rotatable bonds is 7. The Bertz CT molecular complexity index is 1820. The summed E-state index contributed by atoms with van der Waals surface area (Å²) >= 11 is 0. The predicted octanol–water partition coefficient (Wildman–Crippen LogP) is 5.62. The maximum atomic E-state index is 13.4. The highest BCUT2D eigenvalue weighted by atomic mass is 16.2. The first-order valence-electron chi connectivity index (χ1n) is 14.6. The second kappa shape index (κ2) is 12.8. The molecule has 0 spiro atoms. The number of likely N-dealkylation sites (N-methyl/N-ethyl adjacent to an activating group) is 1. The van der Waals surface area contributed by atoms with E-state index in [0.29, 0.717) is 33.8 Å². The highest BCUT2D eigenvalue weighted by molar-refractivity contribution is 6.15. The Hall–Kier alpha value is -5.79. The number of carbonyl (C=O) groups excluding carboxylic acids is 3. The number of hydrogen-bond acceptors (Lipinski definition) is 7. The number of amides is 3. The van der Waals surface area contributed by atoms with Crippen LogP contribution in [0.15, 0.2) is 96.0 Å². The fraction of sp³-hybridized carbons (Fsp3) is 0.171. The Morgan fingerprint density at radius 2 is 1.60 bits per heavy atom. The van der Waals surface area contributed by atoms with E-state index in [1.165, 1.54) is 0 Å². The van der Waals surface area contributed by atoms with Gasteiger partial charge in [0.05, 0.1) is 17.3 Å². The number of fused-ring (bicyclic) bond motifs is 1. The molecule has 0 aromatic heterocycles. The van der Waals surface area contributed by atoms with E-state index in [0.717, 1.165) is 43.1 Å². The number of carbonyl (C=O) groups is 3. The minimum absolute atomic E-state index is 0.202. The molecule has 10 heteroatoms. The number of ketones is 1. The molecule has 2 aliphatic heterocycles. The second-order valence-electron chi connectivity index (χ2n) is 11.0. The Labute approximate surface area is 261 Å². The SMILES string of the molecule is CN1CCN(c2ccc(N=CC3C(=O)Nc4cc(C(=O)c5cccc(NC(=O)Nc6ccc(C#N)cc6)c5)ccc43)cc2)CC1. The van der Waals surface area contributed by atoms with Crippen molar-refractivity contribution in [2.45, 2.75) is 5.92 Å². The lowest BCUT2D eigenvalue weighted by molar-refractivity contribution is -0.115. The molecule has 0 bridgehead atoms. The Morgan fingerprint density at radius 1 is 0.889 bits per heavy atom. The number of aliphatic imine (C=N–C) groups is 1. The molecule has 0 saturated carbocycles. The molecule has 0 aliphatic carbocycles. The van der Waals surface area contributed by atoms with Gasteiger partial charge in [-0.3, -0.25) is 14.6 Å². The molecule has 6 rings (SSSR count). The van der Waals surface area contributed by atoms with Gasteiger partial charge in [0.1, 0.15) is 5.92 Å². The van der Waals surface area contributed by atoms with Gasteiger partial charge in [0.2, 0.25) is 5.91 Å². The molecule has 1 atom stereocenters. The van der Waals surface area contributed by atoms with Gasteiger partial charge in [-0.25, -0.2) is 4.79 Å². The molecule has 45 heavy (non-hydrogen) atoms. The lowest BCUT2D eigenvalue weighted by Crippen LogP contribution is -2.44. The third-order valence-electron chi connectivity index (χ3n) is 7.94. The summed E-state index contributed by atoms with van der Waals surface area (Å²) in [7, 11) is 2.13. The Kier molecular flexibility index (Phi) is 8.35. The zero-order valence-corrected chi connectivity index (χ0v) is 24.7. The van der Waals surface area contributed by atoms with Crippen LogP contribution in [0.5, 0.6) is 0 Å². The van der Waals surface area contributed by atoms with Gasteiger partial charge in [0, 0.05) is 66.3 Å². The van der Waals surface area contributed by atoms with Crippen molar-refractivity contribution in [3.05, 3.63) is 113 Å². The number of nitrogens with one attached hydrogen (secondary N) is 3. The monoisotopic (exact) mass is 597 g/mol. The van der Waals surface area contributed by atoms with Crippen LogP contribution in [-0.4, -0.2) is 62.1 Å².